The number of carbonyl (C=O) groups is 1. The highest BCUT2D eigenvalue weighted by molar-refractivity contribution is 7.89. The first-order chi connectivity index (χ1) is 15.8. The molecule has 174 valence electrons. The fraction of sp³-hybridized carbons (Fsp3) is 0.238. The third-order valence-electron chi connectivity index (χ3n) is 4.47. The van der Waals surface area contributed by atoms with E-state index < -0.39 is 15.9 Å². The van der Waals surface area contributed by atoms with Crippen LogP contribution in [0.25, 0.3) is 11.4 Å². The number of carbonyl (C=O) groups excluding carboxylic acids is 1. The van der Waals surface area contributed by atoms with Crippen molar-refractivity contribution >= 4 is 15.9 Å². The molecule has 1 amide bonds. The predicted octanol–water partition coefficient (Wildman–Crippen LogP) is 1.89. The highest BCUT2D eigenvalue weighted by Gasteiger charge is 2.23. The highest BCUT2D eigenvalue weighted by Crippen LogP contribution is 2.38. The number of methoxy groups -OCH3 is 2. The standard InChI is InChI=1S/C21H23N5O6S/c1-4-33(28,29)24-12-14-11-13(9-10-23-14)20-25-17(19(22)27)18(21(26-20)31-3)32-16-8-6-5-7-15(16)30-2/h5-11,24H,4,12H2,1-3H3,(H2,22,27). The van der Waals surface area contributed by atoms with Gasteiger partial charge in [-0.1, -0.05) is 12.1 Å². The van der Waals surface area contributed by atoms with Crippen LogP contribution < -0.4 is 24.7 Å². The number of primary amides is 1. The topological polar surface area (TPSA) is 156 Å². The molecule has 33 heavy (non-hydrogen) atoms. The Balaban J connectivity index is 2.02. The zero-order valence-corrected chi connectivity index (χ0v) is 19.0. The maximum absolute atomic E-state index is 12.2. The molecule has 0 spiro atoms. The number of nitrogens with one attached hydrogen (secondary N) is 1. The van der Waals surface area contributed by atoms with Gasteiger partial charge in [0, 0.05) is 11.8 Å². The molecule has 0 saturated carbocycles. The molecule has 0 aliphatic rings. The summed E-state index contributed by atoms with van der Waals surface area (Å²) in [6.07, 6.45) is 1.48. The SMILES string of the molecule is CCS(=O)(=O)NCc1cc(-c2nc(OC)c(Oc3ccccc3OC)c(C(N)=O)n2)ccn1. The highest BCUT2D eigenvalue weighted by atomic mass is 32.2. The molecule has 0 aliphatic heterocycles. The largest absolute Gasteiger partial charge is 0.493 e. The van der Waals surface area contributed by atoms with E-state index >= 15 is 0 Å². The summed E-state index contributed by atoms with van der Waals surface area (Å²) in [7, 11) is -0.548. The summed E-state index contributed by atoms with van der Waals surface area (Å²) in [4.78, 5) is 25.0. The van der Waals surface area contributed by atoms with E-state index in [1.165, 1.54) is 27.3 Å². The van der Waals surface area contributed by atoms with Crippen molar-refractivity contribution in [2.24, 2.45) is 5.73 Å². The molecular formula is C21H23N5O6S. The third-order valence-corrected chi connectivity index (χ3v) is 5.81. The van der Waals surface area contributed by atoms with Gasteiger partial charge in [-0.05, 0) is 31.2 Å². The van der Waals surface area contributed by atoms with E-state index in [0.29, 0.717) is 22.8 Å². The first-order valence-electron chi connectivity index (χ1n) is 9.77. The predicted molar refractivity (Wildman–Crippen MR) is 120 cm³/mol. The van der Waals surface area contributed by atoms with E-state index in [1.54, 1.807) is 36.4 Å². The Morgan fingerprint density at radius 3 is 2.45 bits per heavy atom. The van der Waals surface area contributed by atoms with Gasteiger partial charge < -0.3 is 19.9 Å². The van der Waals surface area contributed by atoms with Gasteiger partial charge in [-0.25, -0.2) is 18.1 Å². The minimum Gasteiger partial charge on any atom is -0.493 e. The molecule has 0 saturated heterocycles. The van der Waals surface area contributed by atoms with Gasteiger partial charge in [0.1, 0.15) is 0 Å². The van der Waals surface area contributed by atoms with E-state index in [0.717, 1.165) is 0 Å². The lowest BCUT2D eigenvalue weighted by molar-refractivity contribution is 0.0992. The number of para-hydroxylation sites is 2. The number of rotatable bonds is 10. The van der Waals surface area contributed by atoms with Crippen LogP contribution in [0.5, 0.6) is 23.1 Å². The smallest absolute Gasteiger partial charge is 0.271 e. The number of hydrogen-bond donors (Lipinski definition) is 2. The number of benzene rings is 1. The van der Waals surface area contributed by atoms with E-state index in [1.807, 2.05) is 0 Å². The second kappa shape index (κ2) is 10.2. The molecule has 0 radical (unpaired) electrons. The van der Waals surface area contributed by atoms with E-state index in [-0.39, 0.29) is 35.4 Å². The second-order valence-corrected chi connectivity index (χ2v) is 8.71. The fourth-order valence-electron chi connectivity index (χ4n) is 2.77. The maximum Gasteiger partial charge on any atom is 0.271 e. The summed E-state index contributed by atoms with van der Waals surface area (Å²) in [6, 6.07) is 10.0. The molecule has 0 bridgehead atoms. The molecule has 3 N–H and O–H groups in total. The van der Waals surface area contributed by atoms with Crippen LogP contribution in [0, 0.1) is 0 Å². The molecule has 0 fully saturated rings. The molecule has 0 aliphatic carbocycles. The van der Waals surface area contributed by atoms with Crippen LogP contribution in [0.2, 0.25) is 0 Å². The zero-order valence-electron chi connectivity index (χ0n) is 18.2. The van der Waals surface area contributed by atoms with Crippen molar-refractivity contribution in [3.05, 3.63) is 54.0 Å². The Morgan fingerprint density at radius 1 is 1.09 bits per heavy atom. The summed E-state index contributed by atoms with van der Waals surface area (Å²) >= 11 is 0. The van der Waals surface area contributed by atoms with Crippen molar-refractivity contribution < 1.29 is 27.4 Å². The van der Waals surface area contributed by atoms with E-state index in [4.69, 9.17) is 19.9 Å². The van der Waals surface area contributed by atoms with Crippen molar-refractivity contribution in [1.82, 2.24) is 19.7 Å². The van der Waals surface area contributed by atoms with Crippen LogP contribution in [0.15, 0.2) is 42.6 Å². The number of ether oxygens (including phenoxy) is 3. The Kier molecular flexibility index (Phi) is 7.41. The monoisotopic (exact) mass is 473 g/mol. The average Bonchev–Trinajstić information content (AvgIpc) is 2.83. The molecule has 1 aromatic carbocycles. The van der Waals surface area contributed by atoms with Crippen LogP contribution in [0.4, 0.5) is 0 Å². The van der Waals surface area contributed by atoms with Gasteiger partial charge in [-0.2, -0.15) is 4.98 Å². The molecule has 0 atom stereocenters. The molecule has 3 aromatic rings. The van der Waals surface area contributed by atoms with Crippen molar-refractivity contribution in [2.45, 2.75) is 13.5 Å². The van der Waals surface area contributed by atoms with Crippen LogP contribution in [0.1, 0.15) is 23.1 Å². The summed E-state index contributed by atoms with van der Waals surface area (Å²) in [6.45, 7) is 1.52. The fourth-order valence-corrected chi connectivity index (χ4v) is 3.34. The molecule has 11 nitrogen and oxygen atoms in total. The third kappa shape index (κ3) is 5.73. The Labute approximate surface area is 191 Å². The van der Waals surface area contributed by atoms with E-state index in [9.17, 15) is 13.2 Å². The Hall–Kier alpha value is -3.77. The molecule has 2 aromatic heterocycles. The minimum absolute atomic E-state index is 0.0151. The normalized spacial score (nSPS) is 11.1. The van der Waals surface area contributed by atoms with Gasteiger partial charge in [-0.3, -0.25) is 9.78 Å². The zero-order chi connectivity index (χ0) is 24.0. The van der Waals surface area contributed by atoms with E-state index in [2.05, 4.69) is 19.7 Å². The first kappa shape index (κ1) is 23.9. The molecule has 3 rings (SSSR count). The van der Waals surface area contributed by atoms with Gasteiger partial charge >= 0.3 is 0 Å². The number of sulfonamides is 1. The quantitative estimate of drug-likeness (QED) is 0.449. The summed E-state index contributed by atoms with van der Waals surface area (Å²) in [5.41, 5.74) is 6.27. The minimum atomic E-state index is -3.39. The molecule has 0 unspecified atom stereocenters. The van der Waals surface area contributed by atoms with Gasteiger partial charge in [-0.15, -0.1) is 0 Å². The second-order valence-electron chi connectivity index (χ2n) is 6.61. The lowest BCUT2D eigenvalue weighted by Gasteiger charge is -2.15. The van der Waals surface area contributed by atoms with Gasteiger partial charge in [0.25, 0.3) is 11.8 Å². The summed E-state index contributed by atoms with van der Waals surface area (Å²) < 4.78 is 42.3. The van der Waals surface area contributed by atoms with Crippen molar-refractivity contribution in [2.75, 3.05) is 20.0 Å². The average molecular weight is 474 g/mol. The maximum atomic E-state index is 12.2. The van der Waals surface area contributed by atoms with Crippen LogP contribution in [-0.4, -0.2) is 49.2 Å². The number of pyridine rings is 1. The van der Waals surface area contributed by atoms with Crippen molar-refractivity contribution in [3.8, 4) is 34.5 Å². The van der Waals surface area contributed by atoms with Gasteiger partial charge in [0.2, 0.25) is 15.8 Å². The number of aromatic nitrogens is 3. The number of hydrogen-bond acceptors (Lipinski definition) is 9. The molecule has 12 heteroatoms. The lowest BCUT2D eigenvalue weighted by atomic mass is 10.2. The molecule has 2 heterocycles. The number of nitrogens with zero attached hydrogens (tertiary/aromatic N) is 3. The lowest BCUT2D eigenvalue weighted by Crippen LogP contribution is -2.25. The van der Waals surface area contributed by atoms with Gasteiger partial charge in [0.15, 0.2) is 23.0 Å². The van der Waals surface area contributed by atoms with Crippen LogP contribution in [0.3, 0.4) is 0 Å². The van der Waals surface area contributed by atoms with Gasteiger partial charge in [0.05, 0.1) is 32.2 Å². The summed E-state index contributed by atoms with van der Waals surface area (Å²) in [5.74, 6) is -0.142. The van der Waals surface area contributed by atoms with Crippen molar-refractivity contribution in [1.29, 1.82) is 0 Å². The van der Waals surface area contributed by atoms with Crippen LogP contribution in [-0.2, 0) is 16.6 Å². The number of amides is 1. The Bertz CT molecular complexity index is 1270. The molecular weight excluding hydrogens is 450 g/mol. The van der Waals surface area contributed by atoms with Crippen molar-refractivity contribution in [3.63, 3.8) is 0 Å². The summed E-state index contributed by atoms with van der Waals surface area (Å²) in [5, 5.41) is 0. The first-order valence-corrected chi connectivity index (χ1v) is 11.4. The van der Waals surface area contributed by atoms with Crippen LogP contribution >= 0.6 is 0 Å². The number of nitrogens with two attached hydrogens (primary N) is 1. The Morgan fingerprint density at radius 2 is 1.82 bits per heavy atom.